The molecule has 1 amide bonds. The standard InChI is InChI=1S/C21H25NO4/c1-25-19-9-7-17(8-10-19)20(23)18-11-13-22(14-12-18)21(24)26-15-16-5-3-2-4-6-16/h2-10,18,20,23H,11-15H2,1H3. The highest BCUT2D eigenvalue weighted by molar-refractivity contribution is 5.67. The van der Waals surface area contributed by atoms with Crippen LogP contribution in [0.2, 0.25) is 0 Å². The Bertz CT molecular complexity index is 694. The Morgan fingerprint density at radius 3 is 2.38 bits per heavy atom. The van der Waals surface area contributed by atoms with Crippen LogP contribution in [-0.4, -0.2) is 36.3 Å². The van der Waals surface area contributed by atoms with Gasteiger partial charge in [0.25, 0.3) is 0 Å². The molecular formula is C21H25NO4. The summed E-state index contributed by atoms with van der Waals surface area (Å²) in [4.78, 5) is 13.9. The summed E-state index contributed by atoms with van der Waals surface area (Å²) in [6, 6.07) is 17.2. The number of rotatable bonds is 5. The monoisotopic (exact) mass is 355 g/mol. The molecule has 1 unspecified atom stereocenters. The summed E-state index contributed by atoms with van der Waals surface area (Å²) in [5.41, 5.74) is 1.86. The normalized spacial score (nSPS) is 16.2. The summed E-state index contributed by atoms with van der Waals surface area (Å²) in [6.45, 7) is 1.49. The third-order valence-electron chi connectivity index (χ3n) is 4.91. The van der Waals surface area contributed by atoms with E-state index in [1.165, 1.54) is 0 Å². The van der Waals surface area contributed by atoms with Crippen LogP contribution in [0, 0.1) is 5.92 Å². The molecule has 0 bridgehead atoms. The second kappa shape index (κ2) is 8.72. The summed E-state index contributed by atoms with van der Waals surface area (Å²) in [5, 5.41) is 10.6. The Labute approximate surface area is 154 Å². The predicted octanol–water partition coefficient (Wildman–Crippen LogP) is 3.78. The molecule has 0 spiro atoms. The minimum Gasteiger partial charge on any atom is -0.497 e. The first kappa shape index (κ1) is 18.3. The van der Waals surface area contributed by atoms with Gasteiger partial charge in [-0.05, 0) is 42.0 Å². The van der Waals surface area contributed by atoms with Crippen molar-refractivity contribution >= 4 is 6.09 Å². The number of benzene rings is 2. The summed E-state index contributed by atoms with van der Waals surface area (Å²) in [5.74, 6) is 0.915. The van der Waals surface area contributed by atoms with Gasteiger partial charge in [-0.2, -0.15) is 0 Å². The summed E-state index contributed by atoms with van der Waals surface area (Å²) >= 11 is 0. The maximum absolute atomic E-state index is 12.2. The highest BCUT2D eigenvalue weighted by Gasteiger charge is 2.28. The summed E-state index contributed by atoms with van der Waals surface area (Å²) in [6.07, 6.45) is 0.705. The Kier molecular flexibility index (Phi) is 6.12. The lowest BCUT2D eigenvalue weighted by atomic mass is 9.87. The Morgan fingerprint density at radius 2 is 1.77 bits per heavy atom. The smallest absolute Gasteiger partial charge is 0.410 e. The second-order valence-corrected chi connectivity index (χ2v) is 6.58. The molecule has 2 aromatic rings. The van der Waals surface area contributed by atoms with Gasteiger partial charge in [0, 0.05) is 13.1 Å². The zero-order chi connectivity index (χ0) is 18.4. The van der Waals surface area contributed by atoms with E-state index >= 15 is 0 Å². The average Bonchev–Trinajstić information content (AvgIpc) is 2.72. The minimum atomic E-state index is -0.525. The van der Waals surface area contributed by atoms with Crippen LogP contribution in [0.4, 0.5) is 4.79 Å². The quantitative estimate of drug-likeness (QED) is 0.887. The van der Waals surface area contributed by atoms with E-state index in [1.807, 2.05) is 54.6 Å². The van der Waals surface area contributed by atoms with Gasteiger partial charge in [-0.3, -0.25) is 0 Å². The number of aliphatic hydroxyl groups excluding tert-OH is 1. The fourth-order valence-electron chi connectivity index (χ4n) is 3.28. The van der Waals surface area contributed by atoms with E-state index in [0.29, 0.717) is 13.1 Å². The molecule has 1 atom stereocenters. The summed E-state index contributed by atoms with van der Waals surface area (Å²) in [7, 11) is 1.62. The molecule has 1 fully saturated rings. The first-order chi connectivity index (χ1) is 12.7. The molecule has 5 heteroatoms. The highest BCUT2D eigenvalue weighted by Crippen LogP contribution is 2.31. The van der Waals surface area contributed by atoms with Gasteiger partial charge >= 0.3 is 6.09 Å². The Morgan fingerprint density at radius 1 is 1.12 bits per heavy atom. The molecule has 0 aromatic heterocycles. The summed E-state index contributed by atoms with van der Waals surface area (Å²) < 4.78 is 10.5. The molecule has 1 N–H and O–H groups in total. The molecule has 5 nitrogen and oxygen atoms in total. The fourth-order valence-corrected chi connectivity index (χ4v) is 3.28. The van der Waals surface area contributed by atoms with Crippen molar-refractivity contribution in [3.8, 4) is 5.75 Å². The Hall–Kier alpha value is -2.53. The van der Waals surface area contributed by atoms with Crippen molar-refractivity contribution in [3.63, 3.8) is 0 Å². The molecule has 1 saturated heterocycles. The molecule has 1 heterocycles. The van der Waals surface area contributed by atoms with Crippen LogP contribution >= 0.6 is 0 Å². The van der Waals surface area contributed by atoms with Crippen molar-refractivity contribution in [1.29, 1.82) is 0 Å². The predicted molar refractivity (Wildman–Crippen MR) is 98.9 cm³/mol. The van der Waals surface area contributed by atoms with E-state index < -0.39 is 6.10 Å². The largest absolute Gasteiger partial charge is 0.497 e. The molecule has 0 saturated carbocycles. The van der Waals surface area contributed by atoms with E-state index in [-0.39, 0.29) is 18.6 Å². The van der Waals surface area contributed by atoms with E-state index in [9.17, 15) is 9.90 Å². The molecule has 0 aliphatic carbocycles. The Balaban J connectivity index is 1.47. The van der Waals surface area contributed by atoms with Gasteiger partial charge in [0.15, 0.2) is 0 Å². The van der Waals surface area contributed by atoms with Gasteiger partial charge in [-0.15, -0.1) is 0 Å². The number of hydrogen-bond donors (Lipinski definition) is 1. The number of ether oxygens (including phenoxy) is 2. The second-order valence-electron chi connectivity index (χ2n) is 6.58. The first-order valence-corrected chi connectivity index (χ1v) is 8.95. The maximum atomic E-state index is 12.2. The van der Waals surface area contributed by atoms with Crippen LogP contribution in [0.1, 0.15) is 30.1 Å². The van der Waals surface area contributed by atoms with Crippen LogP contribution in [-0.2, 0) is 11.3 Å². The number of carbonyl (C=O) groups excluding carboxylic acids is 1. The molecule has 26 heavy (non-hydrogen) atoms. The van der Waals surface area contributed by atoms with Crippen LogP contribution in [0.5, 0.6) is 5.75 Å². The fraction of sp³-hybridized carbons (Fsp3) is 0.381. The number of piperidine rings is 1. The van der Waals surface area contributed by atoms with E-state index in [0.717, 1.165) is 29.7 Å². The lowest BCUT2D eigenvalue weighted by Gasteiger charge is -2.33. The van der Waals surface area contributed by atoms with Crippen LogP contribution in [0.15, 0.2) is 54.6 Å². The third kappa shape index (κ3) is 4.55. The van der Waals surface area contributed by atoms with Gasteiger partial charge in [0.2, 0.25) is 0 Å². The van der Waals surface area contributed by atoms with Crippen molar-refractivity contribution < 1.29 is 19.4 Å². The van der Waals surface area contributed by atoms with Crippen molar-refractivity contribution in [2.75, 3.05) is 20.2 Å². The van der Waals surface area contributed by atoms with Gasteiger partial charge in [-0.1, -0.05) is 42.5 Å². The van der Waals surface area contributed by atoms with E-state index in [4.69, 9.17) is 9.47 Å². The topological polar surface area (TPSA) is 59.0 Å². The molecule has 1 aliphatic heterocycles. The average molecular weight is 355 g/mol. The maximum Gasteiger partial charge on any atom is 0.410 e. The van der Waals surface area contributed by atoms with Crippen molar-refractivity contribution in [1.82, 2.24) is 4.90 Å². The number of aliphatic hydroxyl groups is 1. The molecule has 3 rings (SSSR count). The van der Waals surface area contributed by atoms with Crippen LogP contribution < -0.4 is 4.74 Å². The van der Waals surface area contributed by atoms with Gasteiger partial charge < -0.3 is 19.5 Å². The zero-order valence-corrected chi connectivity index (χ0v) is 15.0. The molecule has 0 radical (unpaired) electrons. The van der Waals surface area contributed by atoms with Crippen LogP contribution in [0.3, 0.4) is 0 Å². The van der Waals surface area contributed by atoms with Gasteiger partial charge in [0.05, 0.1) is 13.2 Å². The van der Waals surface area contributed by atoms with Crippen LogP contribution in [0.25, 0.3) is 0 Å². The lowest BCUT2D eigenvalue weighted by Crippen LogP contribution is -2.40. The number of hydrogen-bond acceptors (Lipinski definition) is 4. The molecule has 1 aliphatic rings. The lowest BCUT2D eigenvalue weighted by molar-refractivity contribution is 0.0449. The number of methoxy groups -OCH3 is 1. The van der Waals surface area contributed by atoms with Crippen molar-refractivity contribution in [2.24, 2.45) is 5.92 Å². The van der Waals surface area contributed by atoms with Crippen molar-refractivity contribution in [3.05, 3.63) is 65.7 Å². The minimum absolute atomic E-state index is 0.140. The molecule has 2 aromatic carbocycles. The SMILES string of the molecule is COc1ccc(C(O)C2CCN(C(=O)OCc3ccccc3)CC2)cc1. The molecule has 138 valence electrons. The third-order valence-corrected chi connectivity index (χ3v) is 4.91. The van der Waals surface area contributed by atoms with Gasteiger partial charge in [-0.25, -0.2) is 4.79 Å². The first-order valence-electron chi connectivity index (χ1n) is 8.95. The molecular weight excluding hydrogens is 330 g/mol. The number of carbonyl (C=O) groups is 1. The highest BCUT2D eigenvalue weighted by atomic mass is 16.6. The van der Waals surface area contributed by atoms with E-state index in [1.54, 1.807) is 12.0 Å². The van der Waals surface area contributed by atoms with Crippen molar-refractivity contribution in [2.45, 2.75) is 25.6 Å². The van der Waals surface area contributed by atoms with E-state index in [2.05, 4.69) is 0 Å². The zero-order valence-electron chi connectivity index (χ0n) is 15.0. The number of likely N-dealkylation sites (tertiary alicyclic amines) is 1. The number of nitrogens with zero attached hydrogens (tertiary/aromatic N) is 1. The number of amides is 1. The van der Waals surface area contributed by atoms with Gasteiger partial charge in [0.1, 0.15) is 12.4 Å².